The number of H-pyrrole nitrogens is 1. The number of ketones is 1. The van der Waals surface area contributed by atoms with Crippen LogP contribution in [0.3, 0.4) is 0 Å². The minimum Gasteiger partial charge on any atom is -0.358 e. The van der Waals surface area contributed by atoms with Crippen molar-refractivity contribution >= 4 is 16.7 Å². The van der Waals surface area contributed by atoms with Crippen LogP contribution in [0.1, 0.15) is 34.1 Å². The lowest BCUT2D eigenvalue weighted by Gasteiger charge is -2.00. The van der Waals surface area contributed by atoms with Crippen molar-refractivity contribution in [1.29, 1.82) is 0 Å². The molecule has 2 rings (SSSR count). The van der Waals surface area contributed by atoms with E-state index >= 15 is 0 Å². The van der Waals surface area contributed by atoms with Crippen LogP contribution < -0.4 is 0 Å². The molecule has 2 nitrogen and oxygen atoms in total. The first kappa shape index (κ1) is 9.97. The summed E-state index contributed by atoms with van der Waals surface area (Å²) in [5.74, 6) is 0.127. The summed E-state index contributed by atoms with van der Waals surface area (Å²) >= 11 is 0. The second kappa shape index (κ2) is 3.23. The number of aryl methyl sites for hydroxylation is 3. The summed E-state index contributed by atoms with van der Waals surface area (Å²) in [5, 5.41) is 1.04. The monoisotopic (exact) mass is 201 g/mol. The molecule has 2 heteroatoms. The van der Waals surface area contributed by atoms with Crippen molar-refractivity contribution in [3.63, 3.8) is 0 Å². The molecule has 0 saturated carbocycles. The molecular formula is C13H15NO. The van der Waals surface area contributed by atoms with Gasteiger partial charge in [0.2, 0.25) is 0 Å². The molecule has 1 aromatic carbocycles. The van der Waals surface area contributed by atoms with Crippen molar-refractivity contribution in [3.8, 4) is 0 Å². The highest BCUT2D eigenvalue weighted by Crippen LogP contribution is 2.25. The highest BCUT2D eigenvalue weighted by atomic mass is 16.1. The fraction of sp³-hybridized carbons (Fsp3) is 0.308. The van der Waals surface area contributed by atoms with Crippen molar-refractivity contribution < 1.29 is 4.79 Å². The lowest BCUT2D eigenvalue weighted by molar-refractivity contribution is 0.101. The van der Waals surface area contributed by atoms with Gasteiger partial charge in [-0.25, -0.2) is 0 Å². The first-order valence-electron chi connectivity index (χ1n) is 5.11. The van der Waals surface area contributed by atoms with Crippen LogP contribution in [0.2, 0.25) is 0 Å². The summed E-state index contributed by atoms with van der Waals surface area (Å²) in [5.41, 5.74) is 5.32. The highest BCUT2D eigenvalue weighted by Gasteiger charge is 2.12. The number of rotatable bonds is 1. The second-order valence-corrected chi connectivity index (χ2v) is 4.16. The molecule has 1 aromatic heterocycles. The summed E-state index contributed by atoms with van der Waals surface area (Å²) < 4.78 is 0. The standard InChI is InChI=1S/C13H15NO/c1-7-5-11-12(6-8(7)2)14-9(3)13(11)10(4)15/h5-6,14H,1-4H3. The van der Waals surface area contributed by atoms with Crippen molar-refractivity contribution in [2.24, 2.45) is 0 Å². The Morgan fingerprint density at radius 1 is 1.13 bits per heavy atom. The Morgan fingerprint density at radius 3 is 2.33 bits per heavy atom. The average Bonchev–Trinajstić information content (AvgIpc) is 2.41. The van der Waals surface area contributed by atoms with Gasteiger partial charge < -0.3 is 4.98 Å². The highest BCUT2D eigenvalue weighted by molar-refractivity contribution is 6.08. The zero-order valence-electron chi connectivity index (χ0n) is 9.56. The van der Waals surface area contributed by atoms with Gasteiger partial charge in [0, 0.05) is 22.2 Å². The van der Waals surface area contributed by atoms with Gasteiger partial charge in [-0.3, -0.25) is 4.79 Å². The third-order valence-corrected chi connectivity index (χ3v) is 2.95. The molecule has 0 bridgehead atoms. The van der Waals surface area contributed by atoms with Gasteiger partial charge in [0.25, 0.3) is 0 Å². The molecular weight excluding hydrogens is 186 g/mol. The topological polar surface area (TPSA) is 32.9 Å². The number of carbonyl (C=O) groups excluding carboxylic acids is 1. The zero-order valence-corrected chi connectivity index (χ0v) is 9.56. The number of hydrogen-bond acceptors (Lipinski definition) is 1. The van der Waals surface area contributed by atoms with Crippen LogP contribution in [0.25, 0.3) is 10.9 Å². The fourth-order valence-electron chi connectivity index (χ4n) is 2.05. The third kappa shape index (κ3) is 1.46. The van der Waals surface area contributed by atoms with E-state index in [0.29, 0.717) is 0 Å². The van der Waals surface area contributed by atoms with Crippen LogP contribution in [0.4, 0.5) is 0 Å². The van der Waals surface area contributed by atoms with Crippen LogP contribution in [0.5, 0.6) is 0 Å². The predicted octanol–water partition coefficient (Wildman–Crippen LogP) is 3.30. The van der Waals surface area contributed by atoms with E-state index in [-0.39, 0.29) is 5.78 Å². The molecule has 0 aliphatic carbocycles. The molecule has 78 valence electrons. The molecule has 0 aliphatic rings. The minimum absolute atomic E-state index is 0.127. The Labute approximate surface area is 89.3 Å². The molecule has 0 fully saturated rings. The Kier molecular flexibility index (Phi) is 2.14. The Hall–Kier alpha value is -1.57. The van der Waals surface area contributed by atoms with Crippen molar-refractivity contribution in [3.05, 3.63) is 34.5 Å². The second-order valence-electron chi connectivity index (χ2n) is 4.16. The molecule has 15 heavy (non-hydrogen) atoms. The summed E-state index contributed by atoms with van der Waals surface area (Å²) in [6, 6.07) is 4.19. The van der Waals surface area contributed by atoms with E-state index in [0.717, 1.165) is 22.2 Å². The molecule has 0 atom stereocenters. The van der Waals surface area contributed by atoms with Gasteiger partial charge in [0.15, 0.2) is 5.78 Å². The van der Waals surface area contributed by atoms with Crippen LogP contribution in [0, 0.1) is 20.8 Å². The maximum Gasteiger partial charge on any atom is 0.162 e. The smallest absolute Gasteiger partial charge is 0.162 e. The summed E-state index contributed by atoms with van der Waals surface area (Å²) in [6.45, 7) is 7.71. The first-order valence-corrected chi connectivity index (χ1v) is 5.11. The first-order chi connectivity index (χ1) is 7.00. The Morgan fingerprint density at radius 2 is 1.73 bits per heavy atom. The zero-order chi connectivity index (χ0) is 11.2. The van der Waals surface area contributed by atoms with Gasteiger partial charge in [-0.15, -0.1) is 0 Å². The summed E-state index contributed by atoms with van der Waals surface area (Å²) in [6.07, 6.45) is 0. The number of carbonyl (C=O) groups is 1. The Bertz CT molecular complexity index is 549. The van der Waals surface area contributed by atoms with E-state index in [9.17, 15) is 4.79 Å². The van der Waals surface area contributed by atoms with Gasteiger partial charge >= 0.3 is 0 Å². The van der Waals surface area contributed by atoms with Gasteiger partial charge in [-0.05, 0) is 51.0 Å². The van der Waals surface area contributed by atoms with E-state index in [1.54, 1.807) is 6.92 Å². The number of aromatic nitrogens is 1. The minimum atomic E-state index is 0.127. The molecule has 0 amide bonds. The van der Waals surface area contributed by atoms with Crippen molar-refractivity contribution in [2.45, 2.75) is 27.7 Å². The number of nitrogens with one attached hydrogen (secondary N) is 1. The number of benzene rings is 1. The van der Waals surface area contributed by atoms with Crippen LogP contribution in [0.15, 0.2) is 12.1 Å². The van der Waals surface area contributed by atoms with Crippen molar-refractivity contribution in [2.75, 3.05) is 0 Å². The maximum absolute atomic E-state index is 11.5. The Balaban J connectivity index is 2.87. The lowest BCUT2D eigenvalue weighted by Crippen LogP contribution is -1.93. The van der Waals surface area contributed by atoms with Crippen molar-refractivity contribution in [1.82, 2.24) is 4.98 Å². The largest absolute Gasteiger partial charge is 0.358 e. The summed E-state index contributed by atoms with van der Waals surface area (Å²) in [4.78, 5) is 14.8. The van der Waals surface area contributed by atoms with E-state index in [4.69, 9.17) is 0 Å². The number of Topliss-reactive ketones (excluding diaryl/α,β-unsaturated/α-hetero) is 1. The number of aromatic amines is 1. The molecule has 2 aromatic rings. The average molecular weight is 201 g/mol. The van der Waals surface area contributed by atoms with Crippen LogP contribution in [-0.2, 0) is 0 Å². The molecule has 0 unspecified atom stereocenters. The molecule has 0 saturated heterocycles. The summed E-state index contributed by atoms with van der Waals surface area (Å²) in [7, 11) is 0. The molecule has 0 aliphatic heterocycles. The lowest BCUT2D eigenvalue weighted by atomic mass is 10.0. The molecule has 1 N–H and O–H groups in total. The van der Waals surface area contributed by atoms with Crippen LogP contribution in [-0.4, -0.2) is 10.8 Å². The molecule has 1 heterocycles. The molecule has 0 radical (unpaired) electrons. The predicted molar refractivity (Wildman–Crippen MR) is 62.5 cm³/mol. The van der Waals surface area contributed by atoms with E-state index in [1.165, 1.54) is 11.1 Å². The van der Waals surface area contributed by atoms with E-state index in [1.807, 2.05) is 6.92 Å². The van der Waals surface area contributed by atoms with Gasteiger partial charge in [-0.2, -0.15) is 0 Å². The van der Waals surface area contributed by atoms with Gasteiger partial charge in [0.05, 0.1) is 0 Å². The quantitative estimate of drug-likeness (QED) is 0.705. The third-order valence-electron chi connectivity index (χ3n) is 2.95. The van der Waals surface area contributed by atoms with E-state index < -0.39 is 0 Å². The maximum atomic E-state index is 11.5. The normalized spacial score (nSPS) is 10.9. The van der Waals surface area contributed by atoms with E-state index in [2.05, 4.69) is 31.0 Å². The molecule has 0 spiro atoms. The fourth-order valence-corrected chi connectivity index (χ4v) is 2.05. The van der Waals surface area contributed by atoms with Gasteiger partial charge in [-0.1, -0.05) is 0 Å². The number of fused-ring (bicyclic) bond motifs is 1. The van der Waals surface area contributed by atoms with Crippen LogP contribution >= 0.6 is 0 Å². The van der Waals surface area contributed by atoms with Gasteiger partial charge in [0.1, 0.15) is 0 Å². The SMILES string of the molecule is CC(=O)c1c(C)[nH]c2cc(C)c(C)cc12. The number of hydrogen-bond donors (Lipinski definition) is 1.